The molecule has 0 aliphatic carbocycles. The minimum absolute atomic E-state index is 0.127. The number of carbonyl (C=O) groups excluding carboxylic acids is 1. The standard InChI is InChI=1S/C14H18N2OS/c17-14(16-7-9-18-10-8-16)13-12-4-2-1-3-11(12)5-6-15-13/h1-4,13,15H,5-10H2. The second-order valence-corrected chi connectivity index (χ2v) is 6.00. The van der Waals surface area contributed by atoms with Crippen LogP contribution in [0.4, 0.5) is 0 Å². The number of benzene rings is 1. The molecular weight excluding hydrogens is 244 g/mol. The molecule has 1 aromatic carbocycles. The fourth-order valence-corrected chi connectivity index (χ4v) is 3.59. The van der Waals surface area contributed by atoms with Crippen molar-refractivity contribution in [2.24, 2.45) is 0 Å². The van der Waals surface area contributed by atoms with E-state index in [2.05, 4.69) is 23.5 Å². The first-order chi connectivity index (χ1) is 8.86. The maximum Gasteiger partial charge on any atom is 0.244 e. The largest absolute Gasteiger partial charge is 0.339 e. The smallest absolute Gasteiger partial charge is 0.244 e. The Kier molecular flexibility index (Phi) is 3.57. The van der Waals surface area contributed by atoms with Crippen LogP contribution in [-0.4, -0.2) is 41.9 Å². The van der Waals surface area contributed by atoms with E-state index in [-0.39, 0.29) is 11.9 Å². The third-order valence-electron chi connectivity index (χ3n) is 3.68. The van der Waals surface area contributed by atoms with Crippen LogP contribution in [0.3, 0.4) is 0 Å². The molecule has 18 heavy (non-hydrogen) atoms. The fourth-order valence-electron chi connectivity index (χ4n) is 2.69. The van der Waals surface area contributed by atoms with Gasteiger partial charge in [-0.2, -0.15) is 11.8 Å². The van der Waals surface area contributed by atoms with E-state index in [4.69, 9.17) is 0 Å². The molecule has 3 nitrogen and oxygen atoms in total. The van der Waals surface area contributed by atoms with Gasteiger partial charge in [0.25, 0.3) is 0 Å². The molecular formula is C14H18N2OS. The Bertz CT molecular complexity index is 443. The summed E-state index contributed by atoms with van der Waals surface area (Å²) in [6.07, 6.45) is 1.02. The van der Waals surface area contributed by atoms with Gasteiger partial charge in [0.1, 0.15) is 6.04 Å². The summed E-state index contributed by atoms with van der Waals surface area (Å²) in [5.41, 5.74) is 2.49. The zero-order chi connectivity index (χ0) is 12.4. The van der Waals surface area contributed by atoms with Gasteiger partial charge in [0.15, 0.2) is 0 Å². The van der Waals surface area contributed by atoms with Crippen LogP contribution in [0.5, 0.6) is 0 Å². The summed E-state index contributed by atoms with van der Waals surface area (Å²) in [5.74, 6) is 2.39. The Morgan fingerprint density at radius 3 is 2.89 bits per heavy atom. The van der Waals surface area contributed by atoms with E-state index in [1.807, 2.05) is 22.7 Å². The molecule has 0 spiro atoms. The number of carbonyl (C=O) groups is 1. The van der Waals surface area contributed by atoms with Gasteiger partial charge in [-0.25, -0.2) is 0 Å². The summed E-state index contributed by atoms with van der Waals surface area (Å²) in [4.78, 5) is 14.6. The van der Waals surface area contributed by atoms with Crippen molar-refractivity contribution in [2.45, 2.75) is 12.5 Å². The number of thioether (sulfide) groups is 1. The van der Waals surface area contributed by atoms with E-state index < -0.39 is 0 Å². The predicted octanol–water partition coefficient (Wildman–Crippen LogP) is 1.45. The first-order valence-corrected chi connectivity index (χ1v) is 7.69. The average molecular weight is 262 g/mol. The number of nitrogens with one attached hydrogen (secondary N) is 1. The van der Waals surface area contributed by atoms with E-state index in [0.717, 1.165) is 37.6 Å². The highest BCUT2D eigenvalue weighted by Gasteiger charge is 2.30. The fraction of sp³-hybridized carbons (Fsp3) is 0.500. The number of hydrogen-bond donors (Lipinski definition) is 1. The number of amides is 1. The van der Waals surface area contributed by atoms with E-state index >= 15 is 0 Å². The number of hydrogen-bond acceptors (Lipinski definition) is 3. The molecule has 4 heteroatoms. The van der Waals surface area contributed by atoms with Gasteiger partial charge in [-0.1, -0.05) is 24.3 Å². The summed E-state index contributed by atoms with van der Waals surface area (Å²) >= 11 is 1.93. The Hall–Kier alpha value is -1.000. The van der Waals surface area contributed by atoms with Crippen molar-refractivity contribution >= 4 is 17.7 Å². The molecule has 1 aromatic rings. The molecule has 0 radical (unpaired) electrons. The van der Waals surface area contributed by atoms with Gasteiger partial charge in [-0.05, 0) is 17.5 Å². The summed E-state index contributed by atoms with van der Waals surface area (Å²) < 4.78 is 0. The van der Waals surface area contributed by atoms with Gasteiger partial charge in [-0.3, -0.25) is 4.79 Å². The molecule has 0 saturated carbocycles. The van der Waals surface area contributed by atoms with Crippen molar-refractivity contribution in [1.29, 1.82) is 0 Å². The Labute approximate surface area is 112 Å². The van der Waals surface area contributed by atoms with Crippen LogP contribution >= 0.6 is 11.8 Å². The highest BCUT2D eigenvalue weighted by atomic mass is 32.2. The van der Waals surface area contributed by atoms with Crippen molar-refractivity contribution in [3.05, 3.63) is 35.4 Å². The highest BCUT2D eigenvalue weighted by molar-refractivity contribution is 7.99. The molecule has 1 unspecified atom stereocenters. The number of fused-ring (bicyclic) bond motifs is 1. The molecule has 3 rings (SSSR count). The molecule has 2 aliphatic heterocycles. The van der Waals surface area contributed by atoms with E-state index in [1.165, 1.54) is 11.1 Å². The Morgan fingerprint density at radius 1 is 1.28 bits per heavy atom. The molecule has 1 fully saturated rings. The van der Waals surface area contributed by atoms with Crippen LogP contribution in [-0.2, 0) is 11.2 Å². The van der Waals surface area contributed by atoms with Gasteiger partial charge in [-0.15, -0.1) is 0 Å². The number of nitrogens with zero attached hydrogens (tertiary/aromatic N) is 1. The summed E-state index contributed by atoms with van der Waals surface area (Å²) in [6.45, 7) is 2.68. The minimum atomic E-state index is -0.127. The van der Waals surface area contributed by atoms with Crippen molar-refractivity contribution in [3.63, 3.8) is 0 Å². The van der Waals surface area contributed by atoms with Crippen LogP contribution in [0.1, 0.15) is 17.2 Å². The number of rotatable bonds is 1. The second-order valence-electron chi connectivity index (χ2n) is 4.77. The van der Waals surface area contributed by atoms with Gasteiger partial charge < -0.3 is 10.2 Å². The average Bonchev–Trinajstić information content (AvgIpc) is 2.47. The second kappa shape index (κ2) is 5.33. The molecule has 0 aromatic heterocycles. The maximum absolute atomic E-state index is 12.6. The monoisotopic (exact) mass is 262 g/mol. The van der Waals surface area contributed by atoms with Crippen LogP contribution in [0.25, 0.3) is 0 Å². The van der Waals surface area contributed by atoms with Crippen molar-refractivity contribution in [2.75, 3.05) is 31.1 Å². The first kappa shape index (κ1) is 12.1. The molecule has 1 amide bonds. The third-order valence-corrected chi connectivity index (χ3v) is 4.62. The van der Waals surface area contributed by atoms with Crippen LogP contribution in [0.2, 0.25) is 0 Å². The summed E-state index contributed by atoms with van der Waals surface area (Å²) in [7, 11) is 0. The first-order valence-electron chi connectivity index (χ1n) is 6.54. The normalized spacial score (nSPS) is 23.6. The molecule has 1 N–H and O–H groups in total. The molecule has 1 saturated heterocycles. The highest BCUT2D eigenvalue weighted by Crippen LogP contribution is 2.25. The lowest BCUT2D eigenvalue weighted by Gasteiger charge is -2.33. The predicted molar refractivity (Wildman–Crippen MR) is 74.8 cm³/mol. The van der Waals surface area contributed by atoms with Gasteiger partial charge in [0, 0.05) is 31.1 Å². The maximum atomic E-state index is 12.6. The van der Waals surface area contributed by atoms with Gasteiger partial charge in [0.2, 0.25) is 5.91 Å². The summed E-state index contributed by atoms with van der Waals surface area (Å²) in [5, 5.41) is 3.37. The van der Waals surface area contributed by atoms with Gasteiger partial charge in [0.05, 0.1) is 0 Å². The zero-order valence-corrected chi connectivity index (χ0v) is 11.2. The van der Waals surface area contributed by atoms with Crippen molar-refractivity contribution in [3.8, 4) is 0 Å². The van der Waals surface area contributed by atoms with E-state index in [1.54, 1.807) is 0 Å². The molecule has 0 bridgehead atoms. The van der Waals surface area contributed by atoms with Crippen LogP contribution in [0.15, 0.2) is 24.3 Å². The quantitative estimate of drug-likeness (QED) is 0.831. The Balaban J connectivity index is 1.82. The lowest BCUT2D eigenvalue weighted by atomic mass is 9.93. The Morgan fingerprint density at radius 2 is 2.06 bits per heavy atom. The molecule has 2 aliphatic rings. The van der Waals surface area contributed by atoms with Crippen molar-refractivity contribution in [1.82, 2.24) is 10.2 Å². The molecule has 96 valence electrons. The van der Waals surface area contributed by atoms with E-state index in [9.17, 15) is 4.79 Å². The third kappa shape index (κ3) is 2.27. The SMILES string of the molecule is O=C(C1NCCc2ccccc21)N1CCSCC1. The lowest BCUT2D eigenvalue weighted by molar-refractivity contribution is -0.133. The zero-order valence-electron chi connectivity index (χ0n) is 10.4. The lowest BCUT2D eigenvalue weighted by Crippen LogP contribution is -2.46. The molecule has 2 heterocycles. The van der Waals surface area contributed by atoms with Crippen LogP contribution < -0.4 is 5.32 Å². The topological polar surface area (TPSA) is 32.3 Å². The van der Waals surface area contributed by atoms with Crippen LogP contribution in [0, 0.1) is 0 Å². The molecule has 1 atom stereocenters. The minimum Gasteiger partial charge on any atom is -0.339 e. The van der Waals surface area contributed by atoms with Gasteiger partial charge >= 0.3 is 0 Å². The van der Waals surface area contributed by atoms with E-state index in [0.29, 0.717) is 0 Å². The van der Waals surface area contributed by atoms with Crippen molar-refractivity contribution < 1.29 is 4.79 Å². The summed E-state index contributed by atoms with van der Waals surface area (Å²) in [6, 6.07) is 8.19.